The first-order chi connectivity index (χ1) is 11.2. The number of rotatable bonds is 16. The lowest BCUT2D eigenvalue weighted by molar-refractivity contribution is -0.140. The Morgan fingerprint density at radius 2 is 1.43 bits per heavy atom. The van der Waals surface area contributed by atoms with Crippen molar-refractivity contribution in [2.45, 2.75) is 96.7 Å². The average molecular weight is 328 g/mol. The van der Waals surface area contributed by atoms with E-state index in [1.54, 1.807) is 0 Å². The van der Waals surface area contributed by atoms with Gasteiger partial charge in [-0.05, 0) is 12.8 Å². The molecule has 0 saturated carbocycles. The highest BCUT2D eigenvalue weighted by Gasteiger charge is 2.00. The third-order valence-corrected chi connectivity index (χ3v) is 3.85. The van der Waals surface area contributed by atoms with Gasteiger partial charge in [0.05, 0.1) is 6.61 Å². The van der Waals surface area contributed by atoms with Crippen molar-refractivity contribution in [1.29, 1.82) is 0 Å². The van der Waals surface area contributed by atoms with Crippen LogP contribution in [0.4, 0.5) is 0 Å². The molecular formula is C19H36O4. The zero-order valence-electron chi connectivity index (χ0n) is 14.8. The van der Waals surface area contributed by atoms with Gasteiger partial charge in [-0.25, -0.2) is 4.79 Å². The Labute approximate surface area is 141 Å². The summed E-state index contributed by atoms with van der Waals surface area (Å²) in [6.07, 6.45) is 17.3. The molecule has 136 valence electrons. The van der Waals surface area contributed by atoms with E-state index in [0.717, 1.165) is 12.8 Å². The van der Waals surface area contributed by atoms with Crippen molar-refractivity contribution < 1.29 is 19.7 Å². The van der Waals surface area contributed by atoms with E-state index in [1.165, 1.54) is 70.3 Å². The van der Waals surface area contributed by atoms with Gasteiger partial charge in [-0.1, -0.05) is 77.2 Å². The number of ether oxygens (including phenoxy) is 1. The van der Waals surface area contributed by atoms with Crippen LogP contribution in [-0.4, -0.2) is 29.1 Å². The van der Waals surface area contributed by atoms with Crippen LogP contribution in [0.25, 0.3) is 0 Å². The van der Waals surface area contributed by atoms with Gasteiger partial charge < -0.3 is 14.9 Å². The lowest BCUT2D eigenvalue weighted by Crippen LogP contribution is -2.11. The maximum absolute atomic E-state index is 11.3. The number of allylic oxidation sites excluding steroid dienone is 1. The molecule has 0 radical (unpaired) electrons. The van der Waals surface area contributed by atoms with Crippen molar-refractivity contribution in [2.75, 3.05) is 6.61 Å². The molecular weight excluding hydrogens is 292 g/mol. The van der Waals surface area contributed by atoms with Crippen LogP contribution in [0.1, 0.15) is 90.4 Å². The predicted molar refractivity (Wildman–Crippen MR) is 94.0 cm³/mol. The summed E-state index contributed by atoms with van der Waals surface area (Å²) in [7, 11) is 0. The molecule has 0 heterocycles. The quantitative estimate of drug-likeness (QED) is 0.190. The van der Waals surface area contributed by atoms with Gasteiger partial charge in [0.2, 0.25) is 0 Å². The van der Waals surface area contributed by atoms with Crippen LogP contribution in [0.2, 0.25) is 0 Å². The van der Waals surface area contributed by atoms with Crippen molar-refractivity contribution in [3.63, 3.8) is 0 Å². The van der Waals surface area contributed by atoms with E-state index in [9.17, 15) is 4.79 Å². The lowest BCUT2D eigenvalue weighted by Gasteiger charge is -2.03. The highest BCUT2D eigenvalue weighted by atomic mass is 16.5. The van der Waals surface area contributed by atoms with Gasteiger partial charge in [0.1, 0.15) is 0 Å². The van der Waals surface area contributed by atoms with Gasteiger partial charge in [-0.15, -0.1) is 0 Å². The molecule has 0 unspecified atom stereocenters. The lowest BCUT2D eigenvalue weighted by atomic mass is 10.1. The maximum atomic E-state index is 11.3. The van der Waals surface area contributed by atoms with Crippen LogP contribution in [0, 0.1) is 0 Å². The number of aliphatic hydroxyl groups is 2. The largest absolute Gasteiger partial charge is 0.462 e. The molecule has 0 atom stereocenters. The number of hydrogen-bond acceptors (Lipinski definition) is 4. The zero-order chi connectivity index (χ0) is 17.2. The fourth-order valence-corrected chi connectivity index (χ4v) is 2.42. The summed E-state index contributed by atoms with van der Waals surface area (Å²) in [5.41, 5.74) is 0. The topological polar surface area (TPSA) is 66.8 Å². The summed E-state index contributed by atoms with van der Waals surface area (Å²) in [6, 6.07) is 0. The van der Waals surface area contributed by atoms with E-state index < -0.39 is 12.3 Å². The number of aliphatic hydroxyl groups excluding tert-OH is 1. The number of esters is 1. The molecule has 4 nitrogen and oxygen atoms in total. The summed E-state index contributed by atoms with van der Waals surface area (Å²) in [5, 5.41) is 17.2. The number of hydrogen-bond donors (Lipinski definition) is 2. The molecule has 0 aromatic heterocycles. The van der Waals surface area contributed by atoms with Crippen molar-refractivity contribution in [2.24, 2.45) is 0 Å². The van der Waals surface area contributed by atoms with Crippen LogP contribution in [-0.2, 0) is 9.53 Å². The second-order valence-corrected chi connectivity index (χ2v) is 6.16. The Balaban J connectivity index is 3.23. The molecule has 0 aromatic rings. The fourth-order valence-electron chi connectivity index (χ4n) is 2.42. The van der Waals surface area contributed by atoms with Crippen molar-refractivity contribution in [3.8, 4) is 0 Å². The van der Waals surface area contributed by atoms with Crippen molar-refractivity contribution >= 4 is 5.97 Å². The van der Waals surface area contributed by atoms with E-state index in [0.29, 0.717) is 0 Å². The maximum Gasteiger partial charge on any atom is 0.330 e. The van der Waals surface area contributed by atoms with Gasteiger partial charge in [0.15, 0.2) is 6.29 Å². The molecule has 4 heteroatoms. The summed E-state index contributed by atoms with van der Waals surface area (Å²) in [4.78, 5) is 11.3. The second kappa shape index (κ2) is 17.5. The SMILES string of the molecule is CCCCCCCCCCCCC/C=C/C(=O)OCCC(O)O. The van der Waals surface area contributed by atoms with Crippen molar-refractivity contribution in [3.05, 3.63) is 12.2 Å². The molecule has 0 saturated heterocycles. The van der Waals surface area contributed by atoms with Crippen molar-refractivity contribution in [1.82, 2.24) is 0 Å². The molecule has 0 aliphatic carbocycles. The first-order valence-electron chi connectivity index (χ1n) is 9.36. The third kappa shape index (κ3) is 19.1. The number of carbonyl (C=O) groups excluding carboxylic acids is 1. The molecule has 0 aliphatic heterocycles. The summed E-state index contributed by atoms with van der Waals surface area (Å²) in [6.45, 7) is 2.29. The molecule has 0 amide bonds. The standard InChI is InChI=1S/C19H36O4/c1-2-3-4-5-6-7-8-9-10-11-12-13-14-15-19(22)23-17-16-18(20)21/h14-15,18,20-21H,2-13,16-17H2,1H3/b15-14+. The highest BCUT2D eigenvalue weighted by Crippen LogP contribution is 2.12. The predicted octanol–water partition coefficient (Wildman–Crippen LogP) is 4.49. The van der Waals surface area contributed by atoms with Gasteiger partial charge in [-0.2, -0.15) is 0 Å². The van der Waals surface area contributed by atoms with Crippen LogP contribution < -0.4 is 0 Å². The molecule has 0 spiro atoms. The van der Waals surface area contributed by atoms with Crippen LogP contribution >= 0.6 is 0 Å². The molecule has 0 rings (SSSR count). The Morgan fingerprint density at radius 3 is 1.96 bits per heavy atom. The van der Waals surface area contributed by atoms with Crippen LogP contribution in [0.3, 0.4) is 0 Å². The minimum Gasteiger partial charge on any atom is -0.462 e. The molecule has 0 bridgehead atoms. The Bertz CT molecular complexity index is 287. The smallest absolute Gasteiger partial charge is 0.330 e. The second-order valence-electron chi connectivity index (χ2n) is 6.16. The van der Waals surface area contributed by atoms with E-state index >= 15 is 0 Å². The average Bonchev–Trinajstić information content (AvgIpc) is 2.51. The number of carbonyl (C=O) groups is 1. The van der Waals surface area contributed by atoms with E-state index in [4.69, 9.17) is 14.9 Å². The van der Waals surface area contributed by atoms with E-state index in [2.05, 4.69) is 6.92 Å². The van der Waals surface area contributed by atoms with Gasteiger partial charge in [0, 0.05) is 12.5 Å². The van der Waals surface area contributed by atoms with Gasteiger partial charge in [0.25, 0.3) is 0 Å². The minimum atomic E-state index is -1.41. The summed E-state index contributed by atoms with van der Waals surface area (Å²) < 4.78 is 4.81. The first-order valence-corrected chi connectivity index (χ1v) is 9.36. The Morgan fingerprint density at radius 1 is 0.913 bits per heavy atom. The third-order valence-electron chi connectivity index (χ3n) is 3.85. The molecule has 2 N–H and O–H groups in total. The fraction of sp³-hybridized carbons (Fsp3) is 0.842. The number of unbranched alkanes of at least 4 members (excludes halogenated alkanes) is 11. The Kier molecular flexibility index (Phi) is 16.8. The molecule has 0 aliphatic rings. The van der Waals surface area contributed by atoms with Crippen LogP contribution in [0.5, 0.6) is 0 Å². The zero-order valence-corrected chi connectivity index (χ0v) is 14.8. The highest BCUT2D eigenvalue weighted by molar-refractivity contribution is 5.81. The summed E-state index contributed by atoms with van der Waals surface area (Å²) in [5.74, 6) is -0.409. The first kappa shape index (κ1) is 22.1. The normalized spacial score (nSPS) is 11.5. The van der Waals surface area contributed by atoms with Gasteiger partial charge in [-0.3, -0.25) is 0 Å². The molecule has 0 aromatic carbocycles. The monoisotopic (exact) mass is 328 g/mol. The Hall–Kier alpha value is -0.870. The van der Waals surface area contributed by atoms with E-state index in [-0.39, 0.29) is 13.0 Å². The summed E-state index contributed by atoms with van der Waals surface area (Å²) >= 11 is 0. The van der Waals surface area contributed by atoms with Gasteiger partial charge >= 0.3 is 5.97 Å². The molecule has 0 fully saturated rings. The van der Waals surface area contributed by atoms with E-state index in [1.807, 2.05) is 6.08 Å². The van der Waals surface area contributed by atoms with Crippen LogP contribution in [0.15, 0.2) is 12.2 Å². The minimum absolute atomic E-state index is 0.0410. The molecule has 23 heavy (non-hydrogen) atoms.